The summed E-state index contributed by atoms with van der Waals surface area (Å²) in [5, 5.41) is 3.37. The lowest BCUT2D eigenvalue weighted by Gasteiger charge is -2.32. The second-order valence-electron chi connectivity index (χ2n) is 5.34. The lowest BCUT2D eigenvalue weighted by Crippen LogP contribution is -2.44. The van der Waals surface area contributed by atoms with Crippen molar-refractivity contribution in [3.8, 4) is 5.75 Å². The van der Waals surface area contributed by atoms with E-state index in [0.717, 1.165) is 74.9 Å². The normalized spacial score (nSPS) is 22.3. The highest BCUT2D eigenvalue weighted by molar-refractivity contribution is 7.80. The number of piperazine rings is 1. The van der Waals surface area contributed by atoms with Gasteiger partial charge < -0.3 is 15.0 Å². The average Bonchev–Trinajstić information content (AvgIpc) is 2.48. The molecule has 6 heteroatoms. The number of hydrogen-bond donors (Lipinski definition) is 2. The van der Waals surface area contributed by atoms with Crippen LogP contribution in [-0.2, 0) is 12.8 Å². The van der Waals surface area contributed by atoms with Gasteiger partial charge in [-0.05, 0) is 19.3 Å². The number of ether oxygens (including phenoxy) is 1. The fourth-order valence-electron chi connectivity index (χ4n) is 2.71. The van der Waals surface area contributed by atoms with E-state index in [0.29, 0.717) is 0 Å². The highest BCUT2D eigenvalue weighted by Crippen LogP contribution is 2.36. The Labute approximate surface area is 125 Å². The van der Waals surface area contributed by atoms with E-state index in [9.17, 15) is 0 Å². The third-order valence-electron chi connectivity index (χ3n) is 3.74. The minimum Gasteiger partial charge on any atom is -0.474 e. The molecule has 1 aromatic rings. The van der Waals surface area contributed by atoms with E-state index in [2.05, 4.69) is 34.8 Å². The molecule has 0 saturated carbocycles. The number of anilines is 1. The zero-order chi connectivity index (χ0) is 13.9. The van der Waals surface area contributed by atoms with Crippen molar-refractivity contribution in [1.82, 2.24) is 15.3 Å². The fourth-order valence-corrected chi connectivity index (χ4v) is 2.94. The number of fused-ring (bicyclic) bond motifs is 1. The van der Waals surface area contributed by atoms with Crippen LogP contribution in [0.4, 0.5) is 5.82 Å². The van der Waals surface area contributed by atoms with Crippen LogP contribution in [0.1, 0.15) is 31.3 Å². The molecule has 0 aliphatic carbocycles. The van der Waals surface area contributed by atoms with Gasteiger partial charge in [0.1, 0.15) is 11.3 Å². The molecule has 2 aliphatic rings. The molecule has 20 heavy (non-hydrogen) atoms. The monoisotopic (exact) mass is 294 g/mol. The quantitative estimate of drug-likeness (QED) is 0.826. The van der Waals surface area contributed by atoms with Crippen molar-refractivity contribution in [3.63, 3.8) is 0 Å². The molecule has 0 bridgehead atoms. The van der Waals surface area contributed by atoms with E-state index in [1.807, 2.05) is 0 Å². The van der Waals surface area contributed by atoms with E-state index in [1.54, 1.807) is 0 Å². The number of nitrogens with one attached hydrogen (secondary N) is 1. The lowest BCUT2D eigenvalue weighted by molar-refractivity contribution is 0.253. The number of rotatable bonds is 3. The largest absolute Gasteiger partial charge is 0.474 e. The van der Waals surface area contributed by atoms with Crippen molar-refractivity contribution < 1.29 is 4.74 Å². The molecule has 1 saturated heterocycles. The van der Waals surface area contributed by atoms with Gasteiger partial charge in [0.2, 0.25) is 0 Å². The molecule has 0 radical (unpaired) electrons. The fraction of sp³-hybridized carbons (Fsp3) is 0.714. The summed E-state index contributed by atoms with van der Waals surface area (Å²) in [6, 6.07) is 0. The van der Waals surface area contributed by atoms with Gasteiger partial charge in [-0.15, -0.1) is 12.6 Å². The van der Waals surface area contributed by atoms with E-state index in [-0.39, 0.29) is 5.44 Å². The van der Waals surface area contributed by atoms with Gasteiger partial charge in [-0.3, -0.25) is 0 Å². The van der Waals surface area contributed by atoms with Crippen LogP contribution in [0.5, 0.6) is 5.75 Å². The Bertz CT molecular complexity index is 476. The second-order valence-corrected chi connectivity index (χ2v) is 5.91. The van der Waals surface area contributed by atoms with E-state index >= 15 is 0 Å². The zero-order valence-electron chi connectivity index (χ0n) is 11.9. The maximum absolute atomic E-state index is 5.93. The van der Waals surface area contributed by atoms with Crippen molar-refractivity contribution in [2.75, 3.05) is 31.1 Å². The predicted molar refractivity (Wildman–Crippen MR) is 82.8 cm³/mol. The van der Waals surface area contributed by atoms with Crippen LogP contribution in [0.15, 0.2) is 0 Å². The third-order valence-corrected chi connectivity index (χ3v) is 4.10. The van der Waals surface area contributed by atoms with Gasteiger partial charge in [0.05, 0.1) is 5.69 Å². The van der Waals surface area contributed by atoms with E-state index in [4.69, 9.17) is 9.72 Å². The minimum atomic E-state index is -0.0372. The Morgan fingerprint density at radius 3 is 2.90 bits per heavy atom. The molecule has 0 amide bonds. The summed E-state index contributed by atoms with van der Waals surface area (Å²) in [6.45, 7) is 6.08. The molecule has 110 valence electrons. The Hall–Kier alpha value is -1.01. The van der Waals surface area contributed by atoms with Crippen molar-refractivity contribution >= 4 is 18.4 Å². The molecule has 5 nitrogen and oxygen atoms in total. The van der Waals surface area contributed by atoms with Crippen LogP contribution in [-0.4, -0.2) is 41.6 Å². The smallest absolute Gasteiger partial charge is 0.184 e. The van der Waals surface area contributed by atoms with Crippen molar-refractivity contribution in [2.24, 2.45) is 0 Å². The molecule has 1 unspecified atom stereocenters. The van der Waals surface area contributed by atoms with Crippen LogP contribution < -0.4 is 15.0 Å². The molecular formula is C14H22N4OS. The number of hydrogen-bond acceptors (Lipinski definition) is 6. The first-order valence-corrected chi connectivity index (χ1v) is 7.99. The average molecular weight is 294 g/mol. The first-order chi connectivity index (χ1) is 9.78. The molecule has 3 heterocycles. The molecule has 1 N–H and O–H groups in total. The maximum Gasteiger partial charge on any atom is 0.184 e. The Morgan fingerprint density at radius 1 is 1.35 bits per heavy atom. The van der Waals surface area contributed by atoms with Crippen molar-refractivity contribution in [2.45, 2.75) is 38.0 Å². The summed E-state index contributed by atoms with van der Waals surface area (Å²) in [5.41, 5.74) is 1.02. The standard InChI is InChI=1S/C14H22N4OS/c1-2-3-11-16-10-4-5-12(20)19-13(10)14(17-11)18-8-6-15-7-9-18/h12,15,20H,2-9H2,1H3. The van der Waals surface area contributed by atoms with Crippen LogP contribution in [0.25, 0.3) is 0 Å². The van der Waals surface area contributed by atoms with Gasteiger partial charge in [-0.2, -0.15) is 0 Å². The van der Waals surface area contributed by atoms with Crippen molar-refractivity contribution in [1.29, 1.82) is 0 Å². The van der Waals surface area contributed by atoms with Crippen LogP contribution in [0.2, 0.25) is 0 Å². The molecule has 3 rings (SSSR count). The first-order valence-electron chi connectivity index (χ1n) is 7.48. The van der Waals surface area contributed by atoms with Gasteiger partial charge in [0.25, 0.3) is 0 Å². The zero-order valence-corrected chi connectivity index (χ0v) is 12.8. The summed E-state index contributed by atoms with van der Waals surface area (Å²) >= 11 is 4.46. The molecule has 0 spiro atoms. The SMILES string of the molecule is CCCc1nc2c(c(N3CCNCC3)n1)OC(S)CC2. The Balaban J connectivity index is 1.97. The molecule has 2 aliphatic heterocycles. The third kappa shape index (κ3) is 2.86. The highest BCUT2D eigenvalue weighted by Gasteiger charge is 2.26. The van der Waals surface area contributed by atoms with Crippen molar-refractivity contribution in [3.05, 3.63) is 11.5 Å². The van der Waals surface area contributed by atoms with Crippen LogP contribution in [0.3, 0.4) is 0 Å². The van der Waals surface area contributed by atoms with Crippen LogP contribution >= 0.6 is 12.6 Å². The summed E-state index contributed by atoms with van der Waals surface area (Å²) < 4.78 is 5.93. The number of thiol groups is 1. The van der Waals surface area contributed by atoms with Crippen LogP contribution in [0, 0.1) is 0 Å². The Morgan fingerprint density at radius 2 is 2.15 bits per heavy atom. The van der Waals surface area contributed by atoms with Gasteiger partial charge in [-0.1, -0.05) is 6.92 Å². The summed E-state index contributed by atoms with van der Waals surface area (Å²) in [5.74, 6) is 2.78. The predicted octanol–water partition coefficient (Wildman–Crippen LogP) is 1.42. The maximum atomic E-state index is 5.93. The molecule has 1 atom stereocenters. The number of aromatic nitrogens is 2. The van der Waals surface area contributed by atoms with Gasteiger partial charge >= 0.3 is 0 Å². The van der Waals surface area contributed by atoms with Gasteiger partial charge in [0.15, 0.2) is 11.6 Å². The van der Waals surface area contributed by atoms with E-state index < -0.39 is 0 Å². The van der Waals surface area contributed by atoms with Gasteiger partial charge in [-0.25, -0.2) is 9.97 Å². The van der Waals surface area contributed by atoms with E-state index in [1.165, 1.54) is 0 Å². The number of nitrogens with zero attached hydrogens (tertiary/aromatic N) is 3. The minimum absolute atomic E-state index is 0.0372. The Kier molecular flexibility index (Phi) is 4.31. The topological polar surface area (TPSA) is 50.3 Å². The lowest BCUT2D eigenvalue weighted by atomic mass is 10.1. The highest BCUT2D eigenvalue weighted by atomic mass is 32.1. The number of aryl methyl sites for hydroxylation is 2. The summed E-state index contributed by atoms with van der Waals surface area (Å²) in [6.07, 6.45) is 3.84. The molecule has 1 aromatic heterocycles. The molecule has 1 fully saturated rings. The molecule has 0 aromatic carbocycles. The van der Waals surface area contributed by atoms with Gasteiger partial charge in [0, 0.05) is 32.6 Å². The molecular weight excluding hydrogens is 272 g/mol. The summed E-state index contributed by atoms with van der Waals surface area (Å²) in [4.78, 5) is 11.8. The second kappa shape index (κ2) is 6.18. The summed E-state index contributed by atoms with van der Waals surface area (Å²) in [7, 11) is 0. The first kappa shape index (κ1) is 13.9.